The highest BCUT2D eigenvalue weighted by molar-refractivity contribution is 7.98. The number of para-hydroxylation sites is 2. The number of carbonyl (C=O) groups is 1. The van der Waals surface area contributed by atoms with E-state index in [0.717, 1.165) is 27.5 Å². The van der Waals surface area contributed by atoms with Gasteiger partial charge in [0.2, 0.25) is 5.95 Å². The highest BCUT2D eigenvalue weighted by Crippen LogP contribution is 2.28. The van der Waals surface area contributed by atoms with Crippen LogP contribution in [0.4, 0.5) is 5.95 Å². The van der Waals surface area contributed by atoms with Gasteiger partial charge in [-0.05, 0) is 50.6 Å². The van der Waals surface area contributed by atoms with E-state index in [1.165, 1.54) is 6.33 Å². The van der Waals surface area contributed by atoms with Gasteiger partial charge < -0.3 is 4.57 Å². The van der Waals surface area contributed by atoms with Crippen LogP contribution < -0.4 is 5.32 Å². The molecule has 0 radical (unpaired) electrons. The van der Waals surface area contributed by atoms with Crippen molar-refractivity contribution >= 4 is 34.7 Å². The summed E-state index contributed by atoms with van der Waals surface area (Å²) in [6.45, 7) is 6.29. The highest BCUT2D eigenvalue weighted by Gasteiger charge is 2.22. The van der Waals surface area contributed by atoms with Crippen molar-refractivity contribution in [2.45, 2.75) is 37.2 Å². The minimum Gasteiger partial charge on any atom is -0.305 e. The first kappa shape index (κ1) is 19.2. The number of benzene rings is 2. The second kappa shape index (κ2) is 7.71. The van der Waals surface area contributed by atoms with Crippen molar-refractivity contribution in [3.8, 4) is 0 Å². The zero-order chi connectivity index (χ0) is 20.4. The van der Waals surface area contributed by atoms with Crippen LogP contribution >= 0.6 is 11.8 Å². The number of fused-ring (bicyclic) bond motifs is 1. The van der Waals surface area contributed by atoms with Gasteiger partial charge >= 0.3 is 0 Å². The summed E-state index contributed by atoms with van der Waals surface area (Å²) in [6.07, 6.45) is 1.49. The number of H-pyrrole nitrogens is 1. The summed E-state index contributed by atoms with van der Waals surface area (Å²) >= 11 is 1.56. The molecule has 0 saturated heterocycles. The van der Waals surface area contributed by atoms with E-state index in [0.29, 0.717) is 11.5 Å². The topological polar surface area (TPSA) is 88.5 Å². The lowest BCUT2D eigenvalue weighted by Gasteiger charge is -2.24. The van der Waals surface area contributed by atoms with E-state index in [9.17, 15) is 4.79 Å². The number of nitrogens with one attached hydrogen (secondary N) is 2. The summed E-state index contributed by atoms with van der Waals surface area (Å²) in [5, 5.41) is 10.4. The van der Waals surface area contributed by atoms with Crippen molar-refractivity contribution in [1.82, 2.24) is 24.7 Å². The molecule has 0 fully saturated rings. The molecule has 1 amide bonds. The van der Waals surface area contributed by atoms with Gasteiger partial charge in [-0.15, -0.1) is 0 Å². The Kier molecular flexibility index (Phi) is 5.10. The molecule has 0 spiro atoms. The molecule has 148 valence electrons. The van der Waals surface area contributed by atoms with Gasteiger partial charge in [-0.25, -0.2) is 9.97 Å². The number of imidazole rings is 1. The van der Waals surface area contributed by atoms with Crippen molar-refractivity contribution in [2.75, 3.05) is 5.32 Å². The van der Waals surface area contributed by atoms with Gasteiger partial charge in [0, 0.05) is 16.9 Å². The van der Waals surface area contributed by atoms with Crippen LogP contribution in [-0.4, -0.2) is 30.6 Å². The molecule has 0 atom stereocenters. The normalized spacial score (nSPS) is 11.7. The molecule has 0 aliphatic rings. The maximum Gasteiger partial charge on any atom is 0.257 e. The fraction of sp³-hybridized carbons (Fsp3) is 0.238. The third-order valence-electron chi connectivity index (χ3n) is 4.44. The number of rotatable bonds is 5. The van der Waals surface area contributed by atoms with E-state index in [1.54, 1.807) is 11.8 Å². The van der Waals surface area contributed by atoms with Gasteiger partial charge in [0.15, 0.2) is 5.16 Å². The molecular formula is C21H22N6OS. The summed E-state index contributed by atoms with van der Waals surface area (Å²) in [5.74, 6) is 1.12. The Morgan fingerprint density at radius 1 is 1.14 bits per heavy atom. The van der Waals surface area contributed by atoms with Crippen LogP contribution in [0.15, 0.2) is 60.0 Å². The monoisotopic (exact) mass is 406 g/mol. The molecule has 0 aliphatic carbocycles. The molecule has 2 aromatic heterocycles. The van der Waals surface area contributed by atoms with E-state index in [1.807, 2.05) is 48.5 Å². The number of carbonyl (C=O) groups excluding carboxylic acids is 1. The largest absolute Gasteiger partial charge is 0.305 e. The highest BCUT2D eigenvalue weighted by atomic mass is 32.2. The third-order valence-corrected chi connectivity index (χ3v) is 5.39. The summed E-state index contributed by atoms with van der Waals surface area (Å²) in [5.41, 5.74) is 3.32. The molecule has 0 unspecified atom stereocenters. The molecule has 4 rings (SSSR count). The molecule has 2 N–H and O–H groups in total. The summed E-state index contributed by atoms with van der Waals surface area (Å²) in [7, 11) is 0. The lowest BCUT2D eigenvalue weighted by molar-refractivity contribution is 0.102. The van der Waals surface area contributed by atoms with Crippen molar-refractivity contribution < 1.29 is 4.79 Å². The third kappa shape index (κ3) is 4.17. The predicted octanol–water partition coefficient (Wildman–Crippen LogP) is 4.45. The molecule has 7 nitrogen and oxygen atoms in total. The first-order valence-corrected chi connectivity index (χ1v) is 10.3. The van der Waals surface area contributed by atoms with Gasteiger partial charge in [-0.3, -0.25) is 15.2 Å². The Hall–Kier alpha value is -3.13. The quantitative estimate of drug-likeness (QED) is 0.478. The van der Waals surface area contributed by atoms with Crippen LogP contribution in [-0.2, 0) is 11.3 Å². The van der Waals surface area contributed by atoms with Crippen LogP contribution in [0.3, 0.4) is 0 Å². The molecule has 29 heavy (non-hydrogen) atoms. The number of aromatic amines is 1. The summed E-state index contributed by atoms with van der Waals surface area (Å²) < 4.78 is 2.06. The zero-order valence-corrected chi connectivity index (χ0v) is 17.3. The molecule has 0 aliphatic heterocycles. The Labute approximate surface area is 173 Å². The van der Waals surface area contributed by atoms with Crippen molar-refractivity contribution in [2.24, 2.45) is 0 Å². The minimum atomic E-state index is -0.222. The van der Waals surface area contributed by atoms with E-state index in [-0.39, 0.29) is 11.4 Å². The Morgan fingerprint density at radius 3 is 2.59 bits per heavy atom. The van der Waals surface area contributed by atoms with Gasteiger partial charge in [-0.1, -0.05) is 36.0 Å². The number of thioether (sulfide) groups is 1. The number of nitrogens with zero attached hydrogens (tertiary/aromatic N) is 4. The molecule has 0 saturated carbocycles. The van der Waals surface area contributed by atoms with Gasteiger partial charge in [0.25, 0.3) is 5.91 Å². The predicted molar refractivity (Wildman–Crippen MR) is 115 cm³/mol. The lowest BCUT2D eigenvalue weighted by atomic mass is 10.1. The van der Waals surface area contributed by atoms with Crippen LogP contribution in [0.1, 0.15) is 36.7 Å². The fourth-order valence-electron chi connectivity index (χ4n) is 3.13. The Bertz CT molecular complexity index is 1130. The van der Waals surface area contributed by atoms with E-state index in [2.05, 4.69) is 50.8 Å². The second-order valence-electron chi connectivity index (χ2n) is 7.66. The van der Waals surface area contributed by atoms with E-state index < -0.39 is 0 Å². The van der Waals surface area contributed by atoms with Crippen LogP contribution in [0.5, 0.6) is 0 Å². The fourth-order valence-corrected chi connectivity index (χ4v) is 3.87. The number of hydrogen-bond acceptors (Lipinski definition) is 5. The lowest BCUT2D eigenvalue weighted by Crippen LogP contribution is -2.25. The van der Waals surface area contributed by atoms with Crippen LogP contribution in [0.25, 0.3) is 11.0 Å². The standard InChI is InChI=1S/C21H22N6OS/c1-21(2,3)27-17-7-5-4-6-16(17)24-19(27)25-18(28)15-10-8-14(9-11-15)12-29-20-22-13-23-26-20/h4-11,13H,12H2,1-3H3,(H,22,23,26)(H,24,25,28). The SMILES string of the molecule is CC(C)(C)n1c(NC(=O)c2ccc(CSc3ncn[nH]3)cc2)nc2ccccc21. The number of hydrogen-bond donors (Lipinski definition) is 2. The van der Waals surface area contributed by atoms with Crippen molar-refractivity contribution in [1.29, 1.82) is 0 Å². The average molecular weight is 407 g/mol. The first-order valence-electron chi connectivity index (χ1n) is 9.28. The zero-order valence-electron chi connectivity index (χ0n) is 16.5. The van der Waals surface area contributed by atoms with Crippen LogP contribution in [0, 0.1) is 0 Å². The van der Waals surface area contributed by atoms with Crippen LogP contribution in [0.2, 0.25) is 0 Å². The van der Waals surface area contributed by atoms with Crippen molar-refractivity contribution in [3.63, 3.8) is 0 Å². The first-order chi connectivity index (χ1) is 13.9. The minimum absolute atomic E-state index is 0.180. The van der Waals surface area contributed by atoms with E-state index >= 15 is 0 Å². The molecule has 8 heteroatoms. The Balaban J connectivity index is 1.52. The maximum atomic E-state index is 12.8. The second-order valence-corrected chi connectivity index (χ2v) is 8.62. The number of aromatic nitrogens is 5. The van der Waals surface area contributed by atoms with Gasteiger partial charge in [-0.2, -0.15) is 5.10 Å². The van der Waals surface area contributed by atoms with Crippen molar-refractivity contribution in [3.05, 3.63) is 66.0 Å². The summed E-state index contributed by atoms with van der Waals surface area (Å²) in [4.78, 5) is 21.6. The number of amides is 1. The summed E-state index contributed by atoms with van der Waals surface area (Å²) in [6, 6.07) is 15.5. The molecule has 0 bridgehead atoms. The van der Waals surface area contributed by atoms with Gasteiger partial charge in [0.1, 0.15) is 6.33 Å². The number of anilines is 1. The van der Waals surface area contributed by atoms with Gasteiger partial charge in [0.05, 0.1) is 11.0 Å². The smallest absolute Gasteiger partial charge is 0.257 e. The maximum absolute atomic E-state index is 12.8. The Morgan fingerprint density at radius 2 is 1.90 bits per heavy atom. The molecule has 2 heterocycles. The molecule has 2 aromatic carbocycles. The molecular weight excluding hydrogens is 384 g/mol. The van der Waals surface area contributed by atoms with E-state index in [4.69, 9.17) is 0 Å². The molecule has 4 aromatic rings. The average Bonchev–Trinajstić information content (AvgIpc) is 3.33.